The van der Waals surface area contributed by atoms with Crippen molar-refractivity contribution < 1.29 is 8.42 Å². The fourth-order valence-electron chi connectivity index (χ4n) is 1.93. The molecule has 0 radical (unpaired) electrons. The molecular weight excluding hydrogens is 282 g/mol. The van der Waals surface area contributed by atoms with Gasteiger partial charge in [-0.1, -0.05) is 47.5 Å². The minimum Gasteiger partial charge on any atom is -0.218 e. The topological polar surface area (TPSA) is 57.9 Å². The molecule has 0 saturated carbocycles. The molecule has 0 aliphatic rings. The zero-order chi connectivity index (χ0) is 15.5. The molecule has 0 bridgehead atoms. The molecule has 0 aliphatic carbocycles. The largest absolute Gasteiger partial charge is 0.218 e. The molecule has 0 atom stereocenters. The Balaban J connectivity index is 2.50. The zero-order valence-electron chi connectivity index (χ0n) is 11.9. The summed E-state index contributed by atoms with van der Waals surface area (Å²) in [6.07, 6.45) is 1.40. The second-order valence-electron chi connectivity index (χ2n) is 4.85. The van der Waals surface area contributed by atoms with Gasteiger partial charge in [-0.15, -0.1) is 0 Å². The van der Waals surface area contributed by atoms with Crippen LogP contribution >= 0.6 is 0 Å². The van der Waals surface area contributed by atoms with Gasteiger partial charge in [0.05, 0.1) is 4.90 Å². The van der Waals surface area contributed by atoms with Gasteiger partial charge in [0.1, 0.15) is 11.0 Å². The van der Waals surface area contributed by atoms with Crippen molar-refractivity contribution in [2.24, 2.45) is 0 Å². The van der Waals surface area contributed by atoms with E-state index in [1.807, 2.05) is 32.0 Å². The van der Waals surface area contributed by atoms with Gasteiger partial charge in [0, 0.05) is 0 Å². The summed E-state index contributed by atoms with van der Waals surface area (Å²) < 4.78 is 24.9. The van der Waals surface area contributed by atoms with E-state index in [1.54, 1.807) is 24.3 Å². The fraction of sp³-hybridized carbons (Fsp3) is 0.118. The molecule has 21 heavy (non-hydrogen) atoms. The lowest BCUT2D eigenvalue weighted by Crippen LogP contribution is -2.03. The number of nitrogens with zero attached hydrogens (tertiary/aromatic N) is 1. The van der Waals surface area contributed by atoms with Crippen LogP contribution in [0.4, 0.5) is 0 Å². The molecule has 2 aromatic carbocycles. The summed E-state index contributed by atoms with van der Waals surface area (Å²) in [6, 6.07) is 15.6. The number of aryl methyl sites for hydroxylation is 2. The smallest absolute Gasteiger partial charge is 0.216 e. The van der Waals surface area contributed by atoms with Crippen LogP contribution in [0, 0.1) is 25.2 Å². The average molecular weight is 297 g/mol. The summed E-state index contributed by atoms with van der Waals surface area (Å²) >= 11 is 0. The van der Waals surface area contributed by atoms with E-state index in [9.17, 15) is 13.7 Å². The van der Waals surface area contributed by atoms with Gasteiger partial charge < -0.3 is 0 Å². The highest BCUT2D eigenvalue weighted by Gasteiger charge is 2.20. The quantitative estimate of drug-likeness (QED) is 0.813. The molecule has 2 rings (SSSR count). The maximum absolute atomic E-state index is 12.5. The molecule has 0 heterocycles. The number of nitriles is 1. The monoisotopic (exact) mass is 297 g/mol. The van der Waals surface area contributed by atoms with E-state index in [-0.39, 0.29) is 9.80 Å². The molecule has 0 unspecified atom stereocenters. The molecule has 0 amide bonds. The van der Waals surface area contributed by atoms with Gasteiger partial charge in [0.15, 0.2) is 0 Å². The number of benzene rings is 2. The fourth-order valence-corrected chi connectivity index (χ4v) is 3.09. The Bertz CT molecular complexity index is 826. The third kappa shape index (κ3) is 3.39. The first-order valence-electron chi connectivity index (χ1n) is 6.44. The van der Waals surface area contributed by atoms with Crippen molar-refractivity contribution in [1.29, 1.82) is 5.26 Å². The van der Waals surface area contributed by atoms with Crippen LogP contribution in [0.5, 0.6) is 0 Å². The minimum absolute atomic E-state index is 0.133. The lowest BCUT2D eigenvalue weighted by molar-refractivity contribution is 0.603. The first kappa shape index (κ1) is 15.0. The van der Waals surface area contributed by atoms with Gasteiger partial charge >= 0.3 is 0 Å². The molecule has 2 aromatic rings. The van der Waals surface area contributed by atoms with E-state index < -0.39 is 9.84 Å². The highest BCUT2D eigenvalue weighted by atomic mass is 32.2. The van der Waals surface area contributed by atoms with Crippen molar-refractivity contribution in [2.45, 2.75) is 18.7 Å². The van der Waals surface area contributed by atoms with Gasteiger partial charge in [0.25, 0.3) is 0 Å². The second-order valence-corrected chi connectivity index (χ2v) is 6.77. The van der Waals surface area contributed by atoms with Crippen molar-refractivity contribution >= 4 is 15.9 Å². The van der Waals surface area contributed by atoms with Gasteiger partial charge in [-0.05, 0) is 37.6 Å². The van der Waals surface area contributed by atoms with Crippen molar-refractivity contribution in [3.8, 4) is 6.07 Å². The number of allylic oxidation sites excluding steroid dienone is 1. The number of rotatable bonds is 3. The molecule has 0 N–H and O–H groups in total. The Labute approximate surface area is 125 Å². The van der Waals surface area contributed by atoms with Crippen LogP contribution in [-0.4, -0.2) is 8.42 Å². The first-order chi connectivity index (χ1) is 9.93. The van der Waals surface area contributed by atoms with Gasteiger partial charge in [-0.25, -0.2) is 8.42 Å². The van der Waals surface area contributed by atoms with Crippen molar-refractivity contribution in [1.82, 2.24) is 0 Å². The van der Waals surface area contributed by atoms with E-state index in [0.717, 1.165) is 11.1 Å². The maximum Gasteiger partial charge on any atom is 0.216 e. The molecule has 0 aromatic heterocycles. The van der Waals surface area contributed by atoms with Crippen molar-refractivity contribution in [2.75, 3.05) is 0 Å². The second kappa shape index (κ2) is 5.94. The zero-order valence-corrected chi connectivity index (χ0v) is 12.7. The van der Waals surface area contributed by atoms with Gasteiger partial charge in [0.2, 0.25) is 9.84 Å². The maximum atomic E-state index is 12.5. The molecule has 0 fully saturated rings. The Morgan fingerprint density at radius 2 is 1.71 bits per heavy atom. The Kier molecular flexibility index (Phi) is 4.25. The first-order valence-corrected chi connectivity index (χ1v) is 7.92. The molecule has 3 nitrogen and oxygen atoms in total. The van der Waals surface area contributed by atoms with E-state index in [1.165, 1.54) is 18.2 Å². The number of hydrogen-bond acceptors (Lipinski definition) is 3. The summed E-state index contributed by atoms with van der Waals surface area (Å²) in [4.78, 5) is -0.120. The van der Waals surface area contributed by atoms with Crippen LogP contribution < -0.4 is 0 Å². The third-order valence-corrected chi connectivity index (χ3v) is 4.75. The van der Waals surface area contributed by atoms with Crippen molar-refractivity contribution in [3.05, 3.63) is 70.1 Å². The van der Waals surface area contributed by atoms with E-state index in [4.69, 9.17) is 0 Å². The average Bonchev–Trinajstić information content (AvgIpc) is 2.45. The standard InChI is InChI=1S/C17H15NO2S/c1-13-6-8-16(9-7-13)21(19,20)17(12-18)11-15-5-3-4-14(2)10-15/h3-11H,1-2H3/b17-11+. The van der Waals surface area contributed by atoms with E-state index in [2.05, 4.69) is 0 Å². The van der Waals surface area contributed by atoms with Crippen molar-refractivity contribution in [3.63, 3.8) is 0 Å². The van der Waals surface area contributed by atoms with Crippen LogP contribution in [0.1, 0.15) is 16.7 Å². The summed E-state index contributed by atoms with van der Waals surface area (Å²) in [5.41, 5.74) is 2.67. The van der Waals surface area contributed by atoms with Crippen LogP contribution in [-0.2, 0) is 9.84 Å². The summed E-state index contributed by atoms with van der Waals surface area (Å²) in [5, 5.41) is 9.21. The molecule has 106 valence electrons. The summed E-state index contributed by atoms with van der Waals surface area (Å²) in [5.74, 6) is 0. The Hall–Kier alpha value is -2.38. The normalized spacial score (nSPS) is 12.0. The predicted molar refractivity (Wildman–Crippen MR) is 83.1 cm³/mol. The summed E-state index contributed by atoms with van der Waals surface area (Å²) in [6.45, 7) is 3.79. The highest BCUT2D eigenvalue weighted by molar-refractivity contribution is 7.95. The highest BCUT2D eigenvalue weighted by Crippen LogP contribution is 2.21. The third-order valence-electron chi connectivity index (χ3n) is 3.07. The Morgan fingerprint density at radius 1 is 1.05 bits per heavy atom. The van der Waals surface area contributed by atoms with E-state index in [0.29, 0.717) is 5.56 Å². The van der Waals surface area contributed by atoms with Gasteiger partial charge in [-0.2, -0.15) is 5.26 Å². The Morgan fingerprint density at radius 3 is 2.29 bits per heavy atom. The number of sulfone groups is 1. The molecular formula is C17H15NO2S. The molecule has 0 aliphatic heterocycles. The van der Waals surface area contributed by atoms with Crippen LogP contribution in [0.15, 0.2) is 58.3 Å². The van der Waals surface area contributed by atoms with E-state index >= 15 is 0 Å². The molecule has 0 spiro atoms. The van der Waals surface area contributed by atoms with Gasteiger partial charge in [-0.3, -0.25) is 0 Å². The SMILES string of the molecule is Cc1ccc(S(=O)(=O)/C(C#N)=C/c2cccc(C)c2)cc1. The van der Waals surface area contributed by atoms with Crippen LogP contribution in [0.2, 0.25) is 0 Å². The summed E-state index contributed by atoms with van der Waals surface area (Å²) in [7, 11) is -3.78. The minimum atomic E-state index is -3.78. The van der Waals surface area contributed by atoms with Crippen LogP contribution in [0.25, 0.3) is 6.08 Å². The molecule has 0 saturated heterocycles. The predicted octanol–water partition coefficient (Wildman–Crippen LogP) is 3.64. The molecule has 4 heteroatoms. The lowest BCUT2D eigenvalue weighted by atomic mass is 10.1. The lowest BCUT2D eigenvalue weighted by Gasteiger charge is -2.04. The van der Waals surface area contributed by atoms with Crippen LogP contribution in [0.3, 0.4) is 0 Å². The number of hydrogen-bond donors (Lipinski definition) is 0.